The quantitative estimate of drug-likeness (QED) is 0.293. The van der Waals surface area contributed by atoms with Gasteiger partial charge in [-0.2, -0.15) is 0 Å². The Morgan fingerprint density at radius 2 is 2.04 bits per heavy atom. The minimum absolute atomic E-state index is 0. The maximum atomic E-state index is 5.62. The van der Waals surface area contributed by atoms with Crippen LogP contribution < -0.4 is 10.2 Å². The molecule has 142 valence electrons. The van der Waals surface area contributed by atoms with Crippen LogP contribution in [0.4, 0.5) is 5.82 Å². The van der Waals surface area contributed by atoms with Gasteiger partial charge in [0.05, 0.1) is 13.2 Å². The van der Waals surface area contributed by atoms with E-state index in [-0.39, 0.29) is 24.0 Å². The summed E-state index contributed by atoms with van der Waals surface area (Å²) in [6.45, 7) is 13.3. The van der Waals surface area contributed by atoms with Gasteiger partial charge in [-0.05, 0) is 25.0 Å². The minimum Gasteiger partial charge on any atom is -0.379 e. The van der Waals surface area contributed by atoms with E-state index in [2.05, 4.69) is 46.9 Å². The predicted molar refractivity (Wildman–Crippen MR) is 115 cm³/mol. The van der Waals surface area contributed by atoms with Gasteiger partial charge in [0, 0.05) is 45.5 Å². The molecule has 0 spiro atoms. The number of piperazine rings is 1. The maximum absolute atomic E-state index is 5.62. The number of hydrogen-bond donors (Lipinski definition) is 1. The van der Waals surface area contributed by atoms with Crippen LogP contribution >= 0.6 is 24.0 Å². The summed E-state index contributed by atoms with van der Waals surface area (Å²) >= 11 is 0. The Labute approximate surface area is 169 Å². The van der Waals surface area contributed by atoms with Gasteiger partial charge in [0.15, 0.2) is 5.96 Å². The maximum Gasteiger partial charge on any atom is 0.194 e. The highest BCUT2D eigenvalue weighted by Gasteiger charge is 2.20. The number of ether oxygens (including phenoxy) is 1. The highest BCUT2D eigenvalue weighted by molar-refractivity contribution is 14.0. The highest BCUT2D eigenvalue weighted by Crippen LogP contribution is 2.12. The number of guanidine groups is 1. The van der Waals surface area contributed by atoms with Gasteiger partial charge in [0.1, 0.15) is 5.82 Å². The van der Waals surface area contributed by atoms with E-state index in [0.717, 1.165) is 51.1 Å². The van der Waals surface area contributed by atoms with Crippen molar-refractivity contribution in [2.24, 2.45) is 10.9 Å². The SMILES string of the molecule is CCNC(=NCCOCC(C)C)N1CCN(c2ccccn2)CC1.I. The van der Waals surface area contributed by atoms with Gasteiger partial charge in [-0.1, -0.05) is 19.9 Å². The molecule has 0 amide bonds. The van der Waals surface area contributed by atoms with E-state index in [0.29, 0.717) is 19.1 Å². The third-order valence-electron chi connectivity index (χ3n) is 3.84. The van der Waals surface area contributed by atoms with Crippen molar-refractivity contribution in [3.8, 4) is 0 Å². The second-order valence-electron chi connectivity index (χ2n) is 6.37. The molecule has 1 aliphatic heterocycles. The van der Waals surface area contributed by atoms with E-state index < -0.39 is 0 Å². The van der Waals surface area contributed by atoms with Crippen molar-refractivity contribution in [2.45, 2.75) is 20.8 Å². The fourth-order valence-electron chi connectivity index (χ4n) is 2.65. The molecule has 1 aliphatic rings. The summed E-state index contributed by atoms with van der Waals surface area (Å²) in [5.41, 5.74) is 0. The van der Waals surface area contributed by atoms with Crippen LogP contribution in [0.3, 0.4) is 0 Å². The highest BCUT2D eigenvalue weighted by atomic mass is 127. The lowest BCUT2D eigenvalue weighted by Gasteiger charge is -2.37. The van der Waals surface area contributed by atoms with E-state index in [4.69, 9.17) is 9.73 Å². The molecule has 0 atom stereocenters. The Kier molecular flexibility index (Phi) is 10.8. The summed E-state index contributed by atoms with van der Waals surface area (Å²) in [6, 6.07) is 6.06. The number of halogens is 1. The van der Waals surface area contributed by atoms with E-state index in [9.17, 15) is 0 Å². The largest absolute Gasteiger partial charge is 0.379 e. The van der Waals surface area contributed by atoms with Crippen molar-refractivity contribution in [2.75, 3.05) is 57.4 Å². The van der Waals surface area contributed by atoms with Crippen molar-refractivity contribution >= 4 is 35.8 Å². The third-order valence-corrected chi connectivity index (χ3v) is 3.84. The van der Waals surface area contributed by atoms with Gasteiger partial charge in [0.2, 0.25) is 0 Å². The molecule has 0 aliphatic carbocycles. The van der Waals surface area contributed by atoms with Gasteiger partial charge in [-0.3, -0.25) is 4.99 Å². The first-order valence-electron chi connectivity index (χ1n) is 8.97. The van der Waals surface area contributed by atoms with Crippen LogP contribution in [0, 0.1) is 5.92 Å². The number of aromatic nitrogens is 1. The Morgan fingerprint density at radius 3 is 2.64 bits per heavy atom. The van der Waals surface area contributed by atoms with Gasteiger partial charge in [-0.25, -0.2) is 4.98 Å². The number of nitrogens with zero attached hydrogens (tertiary/aromatic N) is 4. The van der Waals surface area contributed by atoms with E-state index in [1.807, 2.05) is 18.3 Å². The third kappa shape index (κ3) is 7.77. The van der Waals surface area contributed by atoms with Crippen LogP contribution in [0.2, 0.25) is 0 Å². The zero-order chi connectivity index (χ0) is 17.2. The Bertz CT molecular complexity index is 489. The van der Waals surface area contributed by atoms with Crippen LogP contribution in [-0.4, -0.2) is 68.3 Å². The number of hydrogen-bond acceptors (Lipinski definition) is 4. The van der Waals surface area contributed by atoms with Crippen molar-refractivity contribution in [1.82, 2.24) is 15.2 Å². The van der Waals surface area contributed by atoms with Gasteiger partial charge in [0.25, 0.3) is 0 Å². The molecule has 1 fully saturated rings. The Balaban J connectivity index is 0.00000312. The lowest BCUT2D eigenvalue weighted by Crippen LogP contribution is -2.52. The monoisotopic (exact) mass is 461 g/mol. The molecule has 1 aromatic rings. The second kappa shape index (κ2) is 12.3. The first kappa shape index (κ1) is 22.0. The first-order valence-corrected chi connectivity index (χ1v) is 8.97. The van der Waals surface area contributed by atoms with Crippen LogP contribution in [0.5, 0.6) is 0 Å². The molecule has 2 rings (SSSR count). The van der Waals surface area contributed by atoms with Crippen LogP contribution in [0.15, 0.2) is 29.4 Å². The van der Waals surface area contributed by atoms with E-state index in [1.54, 1.807) is 0 Å². The minimum atomic E-state index is 0. The van der Waals surface area contributed by atoms with Crippen LogP contribution in [-0.2, 0) is 4.74 Å². The fourth-order valence-corrected chi connectivity index (χ4v) is 2.65. The molecule has 2 heterocycles. The molecular formula is C18H32IN5O. The predicted octanol–water partition coefficient (Wildman–Crippen LogP) is 2.46. The van der Waals surface area contributed by atoms with Crippen molar-refractivity contribution in [3.05, 3.63) is 24.4 Å². The molecule has 6 nitrogen and oxygen atoms in total. The number of pyridine rings is 1. The standard InChI is InChI=1S/C18H31N5O.HI/c1-4-19-18(21-9-14-24-15-16(2)3)23-12-10-22(11-13-23)17-7-5-6-8-20-17;/h5-8,16H,4,9-15H2,1-3H3,(H,19,21);1H. The fraction of sp³-hybridized carbons (Fsp3) is 0.667. The van der Waals surface area contributed by atoms with Crippen molar-refractivity contribution in [3.63, 3.8) is 0 Å². The Morgan fingerprint density at radius 1 is 1.28 bits per heavy atom. The number of rotatable bonds is 7. The Hall–Kier alpha value is -1.09. The molecule has 0 aromatic carbocycles. The van der Waals surface area contributed by atoms with Gasteiger partial charge in [-0.15, -0.1) is 24.0 Å². The zero-order valence-electron chi connectivity index (χ0n) is 15.6. The van der Waals surface area contributed by atoms with Gasteiger partial charge >= 0.3 is 0 Å². The smallest absolute Gasteiger partial charge is 0.194 e. The molecule has 1 aromatic heterocycles. The summed E-state index contributed by atoms with van der Waals surface area (Å²) < 4.78 is 5.62. The number of anilines is 1. The van der Waals surface area contributed by atoms with E-state index >= 15 is 0 Å². The lowest BCUT2D eigenvalue weighted by molar-refractivity contribution is 0.116. The summed E-state index contributed by atoms with van der Waals surface area (Å²) in [6.07, 6.45) is 1.85. The molecule has 1 saturated heterocycles. The molecule has 0 unspecified atom stereocenters. The number of nitrogens with one attached hydrogen (secondary N) is 1. The molecule has 0 bridgehead atoms. The van der Waals surface area contributed by atoms with Crippen molar-refractivity contribution < 1.29 is 4.74 Å². The summed E-state index contributed by atoms with van der Waals surface area (Å²) in [7, 11) is 0. The molecule has 0 saturated carbocycles. The van der Waals surface area contributed by atoms with E-state index in [1.165, 1.54) is 0 Å². The molecule has 25 heavy (non-hydrogen) atoms. The molecule has 7 heteroatoms. The summed E-state index contributed by atoms with van der Waals surface area (Å²) in [4.78, 5) is 13.8. The van der Waals surface area contributed by atoms with Gasteiger partial charge < -0.3 is 19.9 Å². The molecule has 1 N–H and O–H groups in total. The topological polar surface area (TPSA) is 53.0 Å². The first-order chi connectivity index (χ1) is 11.7. The second-order valence-corrected chi connectivity index (χ2v) is 6.37. The summed E-state index contributed by atoms with van der Waals surface area (Å²) in [5, 5.41) is 3.39. The summed E-state index contributed by atoms with van der Waals surface area (Å²) in [5.74, 6) is 2.62. The lowest BCUT2D eigenvalue weighted by atomic mass is 10.2. The average molecular weight is 461 g/mol. The zero-order valence-corrected chi connectivity index (χ0v) is 18.0. The molecular weight excluding hydrogens is 429 g/mol. The van der Waals surface area contributed by atoms with Crippen LogP contribution in [0.25, 0.3) is 0 Å². The van der Waals surface area contributed by atoms with Crippen LogP contribution in [0.1, 0.15) is 20.8 Å². The average Bonchev–Trinajstić information content (AvgIpc) is 2.61. The normalized spacial score (nSPS) is 15.3. The number of aliphatic imine (C=N–C) groups is 1. The van der Waals surface area contributed by atoms with Crippen molar-refractivity contribution in [1.29, 1.82) is 0 Å². The molecule has 0 radical (unpaired) electrons.